The molecule has 3 fully saturated rings. The summed E-state index contributed by atoms with van der Waals surface area (Å²) in [4.78, 5) is 28.4. The van der Waals surface area contributed by atoms with Crippen LogP contribution in [0.15, 0.2) is 11.8 Å². The van der Waals surface area contributed by atoms with Gasteiger partial charge in [-0.05, 0) is 37.2 Å². The van der Waals surface area contributed by atoms with E-state index in [0.29, 0.717) is 6.42 Å². The molecule has 11 heteroatoms. The molecule has 3 saturated heterocycles. The molecule has 0 aromatic rings. The van der Waals surface area contributed by atoms with E-state index in [-0.39, 0.29) is 23.4 Å². The smallest absolute Gasteiger partial charge is 0.409 e. The third kappa shape index (κ3) is 3.86. The first-order valence-corrected chi connectivity index (χ1v) is 10.2. The first-order valence-electron chi connectivity index (χ1n) is 10.2. The van der Waals surface area contributed by atoms with Crippen LogP contribution in [0.3, 0.4) is 0 Å². The summed E-state index contributed by atoms with van der Waals surface area (Å²) in [6, 6.07) is -0.0722. The fourth-order valence-electron chi connectivity index (χ4n) is 4.99. The third-order valence-electron chi connectivity index (χ3n) is 6.95. The summed E-state index contributed by atoms with van der Waals surface area (Å²) >= 11 is 0. The molecule has 29 heavy (non-hydrogen) atoms. The van der Waals surface area contributed by atoms with Crippen LogP contribution in [-0.2, 0) is 9.53 Å². The van der Waals surface area contributed by atoms with E-state index in [1.54, 1.807) is 4.90 Å². The molecule has 2 unspecified atom stereocenters. The highest BCUT2D eigenvalue weighted by Gasteiger charge is 2.46. The molecule has 4 aliphatic heterocycles. The number of carbonyl (C=O) groups excluding carboxylic acids is 2. The number of hydrogen-bond donors (Lipinski definition) is 1. The zero-order valence-corrected chi connectivity index (χ0v) is 16.6. The average Bonchev–Trinajstić information content (AvgIpc) is 3.11. The molecule has 1 spiro atoms. The number of rotatable bonds is 3. The molecule has 10 radical (unpaired) electrons. The van der Waals surface area contributed by atoms with Gasteiger partial charge in [0.1, 0.15) is 15.7 Å². The summed E-state index contributed by atoms with van der Waals surface area (Å²) in [5.41, 5.74) is 1.37. The zero-order chi connectivity index (χ0) is 21.0. The van der Waals surface area contributed by atoms with Crippen LogP contribution in [0.1, 0.15) is 38.5 Å². The van der Waals surface area contributed by atoms with Crippen LogP contribution in [-0.4, -0.2) is 98.1 Å². The topological polar surface area (TPSA) is 61.9 Å². The number of nitrogens with one attached hydrogen (secondary N) is 1. The van der Waals surface area contributed by atoms with Crippen molar-refractivity contribution in [2.45, 2.75) is 61.1 Å². The lowest BCUT2D eigenvalue weighted by molar-refractivity contribution is -0.119. The molecular weight excluding hydrogens is 360 g/mol. The van der Waals surface area contributed by atoms with E-state index < -0.39 is 16.6 Å². The Morgan fingerprint density at radius 3 is 2.41 bits per heavy atom. The van der Waals surface area contributed by atoms with Crippen molar-refractivity contribution in [1.29, 1.82) is 0 Å². The first kappa shape index (κ1) is 20.9. The predicted octanol–water partition coefficient (Wildman–Crippen LogP) is -0.584. The molecule has 4 aliphatic rings. The highest BCUT2D eigenvalue weighted by molar-refractivity contribution is 6.67. The highest BCUT2D eigenvalue weighted by atomic mass is 16.6. The monoisotopic (exact) mass is 383 g/mol. The predicted molar refractivity (Wildman–Crippen MR) is 113 cm³/mol. The largest absolute Gasteiger partial charge is 0.465 e. The Morgan fingerprint density at radius 2 is 1.86 bits per heavy atom. The van der Waals surface area contributed by atoms with E-state index in [1.165, 1.54) is 5.70 Å². The van der Waals surface area contributed by atoms with Crippen molar-refractivity contribution in [3.8, 4) is 0 Å². The van der Waals surface area contributed by atoms with Crippen LogP contribution in [0.4, 0.5) is 4.79 Å². The number of piperidine rings is 1. The quantitative estimate of drug-likeness (QED) is 0.664. The van der Waals surface area contributed by atoms with Crippen LogP contribution in [0, 0.1) is 5.41 Å². The number of ether oxygens (including phenoxy) is 1. The van der Waals surface area contributed by atoms with E-state index in [9.17, 15) is 9.59 Å². The molecule has 0 aromatic carbocycles. The minimum atomic E-state index is -2.18. The minimum absolute atomic E-state index is 0.0108. The van der Waals surface area contributed by atoms with E-state index >= 15 is 0 Å². The molecule has 2 amide bonds. The lowest BCUT2D eigenvalue weighted by atomic mass is 9.28. The zero-order valence-electron chi connectivity index (χ0n) is 16.6. The Bertz CT molecular complexity index is 731. The second-order valence-electron chi connectivity index (χ2n) is 9.10. The summed E-state index contributed by atoms with van der Waals surface area (Å²) < 4.78 is 5.16. The van der Waals surface area contributed by atoms with Gasteiger partial charge in [0.2, 0.25) is 5.91 Å². The van der Waals surface area contributed by atoms with Crippen molar-refractivity contribution in [1.82, 2.24) is 15.1 Å². The molecule has 2 atom stereocenters. The number of likely N-dealkylation sites (tertiary alicyclic amines) is 1. The van der Waals surface area contributed by atoms with Crippen LogP contribution >= 0.6 is 0 Å². The van der Waals surface area contributed by atoms with Crippen molar-refractivity contribution in [2.24, 2.45) is 5.41 Å². The molecule has 2 bridgehead atoms. The van der Waals surface area contributed by atoms with Crippen molar-refractivity contribution in [3.63, 3.8) is 0 Å². The molecule has 142 valence electrons. The van der Waals surface area contributed by atoms with E-state index in [2.05, 4.69) is 16.3 Å². The third-order valence-corrected chi connectivity index (χ3v) is 6.95. The summed E-state index contributed by atoms with van der Waals surface area (Å²) in [7, 11) is 28.0. The van der Waals surface area contributed by atoms with Gasteiger partial charge in [0, 0.05) is 49.6 Å². The Hall–Kier alpha value is -1.40. The summed E-state index contributed by atoms with van der Waals surface area (Å²) in [6.45, 7) is 2.64. The molecule has 6 nitrogen and oxygen atoms in total. The summed E-state index contributed by atoms with van der Waals surface area (Å²) in [5.74, 6) is 0.162. The normalized spacial score (nSPS) is 29.0. The van der Waals surface area contributed by atoms with E-state index in [4.69, 9.17) is 44.0 Å². The lowest BCUT2D eigenvalue weighted by Gasteiger charge is -2.45. The van der Waals surface area contributed by atoms with Gasteiger partial charge in [-0.1, -0.05) is 0 Å². The number of nitrogens with zero attached hydrogens (tertiary/aromatic N) is 2. The molecular formula is C18H22B5N3O3. The van der Waals surface area contributed by atoms with Gasteiger partial charge in [-0.2, -0.15) is 0 Å². The maximum absolute atomic E-state index is 12.7. The lowest BCUT2D eigenvalue weighted by Crippen LogP contribution is -2.54. The fourth-order valence-corrected chi connectivity index (χ4v) is 4.99. The van der Waals surface area contributed by atoms with Gasteiger partial charge in [-0.25, -0.2) is 4.79 Å². The van der Waals surface area contributed by atoms with Crippen molar-refractivity contribution < 1.29 is 14.3 Å². The molecule has 4 rings (SSSR count). The van der Waals surface area contributed by atoms with Crippen LogP contribution in [0.25, 0.3) is 0 Å². The van der Waals surface area contributed by atoms with E-state index in [0.717, 1.165) is 51.7 Å². The molecule has 0 aromatic heterocycles. The molecule has 1 N–H and O–H groups in total. The Morgan fingerprint density at radius 1 is 1.17 bits per heavy atom. The van der Waals surface area contributed by atoms with Crippen molar-refractivity contribution in [3.05, 3.63) is 11.8 Å². The maximum atomic E-state index is 12.7. The van der Waals surface area contributed by atoms with Gasteiger partial charge in [0.15, 0.2) is 0 Å². The van der Waals surface area contributed by atoms with Gasteiger partial charge < -0.3 is 15.0 Å². The Labute approximate surface area is 178 Å². The van der Waals surface area contributed by atoms with Gasteiger partial charge in [-0.15, -0.1) is 5.11 Å². The maximum Gasteiger partial charge on any atom is 0.409 e. The second kappa shape index (κ2) is 7.09. The van der Waals surface area contributed by atoms with Crippen molar-refractivity contribution >= 4 is 51.2 Å². The Balaban J connectivity index is 1.40. The average molecular weight is 382 g/mol. The van der Waals surface area contributed by atoms with Crippen LogP contribution < -0.4 is 5.32 Å². The van der Waals surface area contributed by atoms with Crippen LogP contribution in [0.2, 0.25) is 5.11 Å². The molecule has 4 heterocycles. The number of hydrogen-bond acceptors (Lipinski definition) is 4. The Kier molecular flexibility index (Phi) is 5.10. The number of fused-ring (bicyclic) bond motifs is 2. The van der Waals surface area contributed by atoms with E-state index in [1.807, 2.05) is 0 Å². The standard InChI is InChI=1S/C18H22B5N3O3/c19-17(20,21)18(22,23)29-15(28)26-11-1-2-12(26)8-13(7-11)25-5-3-16(4-6-25)9-14(27)24-10-16/h7,11-12H,1-6,8-10H2,(H,24,27). The SMILES string of the molecule is [B]C([B])([B])C([B])([B])OC(=O)N1C2C=C(N3CCC4(CC3)CNC(=O)C4)CC1CC2. The minimum Gasteiger partial charge on any atom is -0.465 e. The van der Waals surface area contributed by atoms with Gasteiger partial charge >= 0.3 is 6.09 Å². The van der Waals surface area contributed by atoms with Gasteiger partial charge in [-0.3, -0.25) is 9.69 Å². The molecule has 0 saturated carbocycles. The van der Waals surface area contributed by atoms with Gasteiger partial charge in [0.25, 0.3) is 0 Å². The van der Waals surface area contributed by atoms with Crippen molar-refractivity contribution in [2.75, 3.05) is 19.6 Å². The number of amides is 2. The fraction of sp³-hybridized carbons (Fsp3) is 0.778. The second-order valence-corrected chi connectivity index (χ2v) is 9.10. The summed E-state index contributed by atoms with van der Waals surface area (Å²) in [6.07, 6.45) is 6.58. The first-order chi connectivity index (χ1) is 13.5. The number of carbonyl (C=O) groups is 2. The van der Waals surface area contributed by atoms with Gasteiger partial charge in [0.05, 0.1) is 29.6 Å². The van der Waals surface area contributed by atoms with Crippen LogP contribution in [0.5, 0.6) is 0 Å². The molecule has 0 aliphatic carbocycles. The summed E-state index contributed by atoms with van der Waals surface area (Å²) in [5, 5.41) is -1.27. The highest BCUT2D eigenvalue weighted by Crippen LogP contribution is 2.42.